The second-order valence-electron chi connectivity index (χ2n) is 3.42. The van der Waals surface area contributed by atoms with Crippen molar-refractivity contribution in [2.45, 2.75) is 19.4 Å². The summed E-state index contributed by atoms with van der Waals surface area (Å²) in [5, 5.41) is 5.87. The molecule has 15 heavy (non-hydrogen) atoms. The van der Waals surface area contributed by atoms with Crippen molar-refractivity contribution < 1.29 is 4.79 Å². The van der Waals surface area contributed by atoms with Gasteiger partial charge in [0.05, 0.1) is 6.04 Å². The number of amides is 1. The van der Waals surface area contributed by atoms with E-state index in [9.17, 15) is 4.79 Å². The van der Waals surface area contributed by atoms with Gasteiger partial charge in [0.25, 0.3) is 0 Å². The van der Waals surface area contributed by atoms with Gasteiger partial charge in [0, 0.05) is 25.4 Å². The van der Waals surface area contributed by atoms with Gasteiger partial charge in [0.15, 0.2) is 0 Å². The summed E-state index contributed by atoms with van der Waals surface area (Å²) in [7, 11) is 1.83. The van der Waals surface area contributed by atoms with E-state index in [0.29, 0.717) is 13.0 Å². The van der Waals surface area contributed by atoms with E-state index in [4.69, 9.17) is 0 Å². The molecule has 2 N–H and O–H groups in total. The van der Waals surface area contributed by atoms with Crippen molar-refractivity contribution in [2.24, 2.45) is 0 Å². The van der Waals surface area contributed by atoms with Gasteiger partial charge < -0.3 is 10.6 Å². The number of hydrogen-bond acceptors (Lipinski definition) is 3. The minimum Gasteiger partial charge on any atom is -0.350 e. The molecule has 0 aliphatic carbocycles. The van der Waals surface area contributed by atoms with E-state index in [1.807, 2.05) is 26.1 Å². The fourth-order valence-corrected chi connectivity index (χ4v) is 1.29. The Morgan fingerprint density at radius 2 is 2.13 bits per heavy atom. The second kappa shape index (κ2) is 6.14. The highest BCUT2D eigenvalue weighted by molar-refractivity contribution is 5.76. The zero-order valence-electron chi connectivity index (χ0n) is 9.16. The van der Waals surface area contributed by atoms with E-state index in [2.05, 4.69) is 15.6 Å². The molecule has 1 heterocycles. The van der Waals surface area contributed by atoms with Crippen LogP contribution in [-0.4, -0.2) is 24.5 Å². The Morgan fingerprint density at radius 3 is 2.73 bits per heavy atom. The first-order valence-electron chi connectivity index (χ1n) is 5.08. The van der Waals surface area contributed by atoms with E-state index in [0.717, 1.165) is 5.56 Å². The van der Waals surface area contributed by atoms with Gasteiger partial charge in [-0.25, -0.2) is 0 Å². The lowest BCUT2D eigenvalue weighted by Gasteiger charge is -2.13. The number of rotatable bonds is 5. The molecule has 0 radical (unpaired) electrons. The van der Waals surface area contributed by atoms with E-state index < -0.39 is 0 Å². The first-order valence-corrected chi connectivity index (χ1v) is 5.08. The summed E-state index contributed by atoms with van der Waals surface area (Å²) >= 11 is 0. The first-order chi connectivity index (χ1) is 7.24. The van der Waals surface area contributed by atoms with Crippen LogP contribution in [0.2, 0.25) is 0 Å². The minimum atomic E-state index is 0.0392. The molecule has 1 rings (SSSR count). The van der Waals surface area contributed by atoms with Crippen LogP contribution in [0.4, 0.5) is 0 Å². The summed E-state index contributed by atoms with van der Waals surface area (Å²) in [4.78, 5) is 15.4. The van der Waals surface area contributed by atoms with Crippen molar-refractivity contribution in [3.8, 4) is 0 Å². The zero-order chi connectivity index (χ0) is 11.1. The van der Waals surface area contributed by atoms with Crippen molar-refractivity contribution >= 4 is 5.91 Å². The molecule has 0 aliphatic heterocycles. The van der Waals surface area contributed by atoms with Gasteiger partial charge in [-0.1, -0.05) is 0 Å². The van der Waals surface area contributed by atoms with Crippen molar-refractivity contribution in [3.05, 3.63) is 30.1 Å². The molecule has 4 nitrogen and oxygen atoms in total. The highest BCUT2D eigenvalue weighted by Crippen LogP contribution is 2.09. The smallest absolute Gasteiger partial charge is 0.221 e. The maximum atomic E-state index is 11.4. The highest BCUT2D eigenvalue weighted by Gasteiger charge is 2.07. The monoisotopic (exact) mass is 207 g/mol. The molecule has 0 unspecified atom stereocenters. The summed E-state index contributed by atoms with van der Waals surface area (Å²) in [6.07, 6.45) is 3.96. The van der Waals surface area contributed by atoms with E-state index in [1.165, 1.54) is 0 Å². The predicted molar refractivity (Wildman–Crippen MR) is 59.3 cm³/mol. The molecule has 82 valence electrons. The lowest BCUT2D eigenvalue weighted by molar-refractivity contribution is -0.121. The fourth-order valence-electron chi connectivity index (χ4n) is 1.29. The Balaban J connectivity index is 2.42. The van der Waals surface area contributed by atoms with Gasteiger partial charge in [-0.3, -0.25) is 9.78 Å². The third-order valence-electron chi connectivity index (χ3n) is 2.19. The fraction of sp³-hybridized carbons (Fsp3) is 0.455. The molecular formula is C11H17N3O. The summed E-state index contributed by atoms with van der Waals surface area (Å²) in [6.45, 7) is 2.67. The predicted octanol–water partition coefficient (Wildman–Crippen LogP) is 0.868. The molecule has 0 aliphatic rings. The number of pyridine rings is 1. The summed E-state index contributed by atoms with van der Waals surface area (Å²) in [5.41, 5.74) is 1.07. The summed E-state index contributed by atoms with van der Waals surface area (Å²) in [6, 6.07) is 3.85. The van der Waals surface area contributed by atoms with E-state index >= 15 is 0 Å². The lowest BCUT2D eigenvalue weighted by Crippen LogP contribution is -2.29. The number of carbonyl (C=O) groups excluding carboxylic acids is 1. The molecule has 0 saturated carbocycles. The van der Waals surface area contributed by atoms with Crippen LogP contribution in [0, 0.1) is 0 Å². The normalized spacial score (nSPS) is 12.1. The second-order valence-corrected chi connectivity index (χ2v) is 3.42. The Labute approximate surface area is 90.1 Å². The maximum absolute atomic E-state index is 11.4. The Kier molecular flexibility index (Phi) is 4.77. The quantitative estimate of drug-likeness (QED) is 0.753. The van der Waals surface area contributed by atoms with Gasteiger partial charge in [0.1, 0.15) is 0 Å². The Hall–Kier alpha value is -1.42. The number of aromatic nitrogens is 1. The molecular weight excluding hydrogens is 190 g/mol. The standard InChI is InChI=1S/C11H17N3O/c1-9(10-3-7-13-8-4-10)14-11(15)5-6-12-2/h3-4,7-9,12H,5-6H2,1-2H3,(H,14,15)/t9-/m1/s1. The molecule has 0 spiro atoms. The number of carbonyl (C=O) groups is 1. The van der Waals surface area contributed by atoms with Crippen LogP contribution in [0.1, 0.15) is 24.9 Å². The van der Waals surface area contributed by atoms with E-state index in [-0.39, 0.29) is 11.9 Å². The topological polar surface area (TPSA) is 54.0 Å². The minimum absolute atomic E-state index is 0.0392. The Bertz CT molecular complexity index is 300. The first kappa shape index (κ1) is 11.7. The van der Waals surface area contributed by atoms with E-state index in [1.54, 1.807) is 12.4 Å². The van der Waals surface area contributed by atoms with Crippen LogP contribution in [0.25, 0.3) is 0 Å². The van der Waals surface area contributed by atoms with Gasteiger partial charge in [0.2, 0.25) is 5.91 Å². The SMILES string of the molecule is CNCCC(=O)N[C@H](C)c1ccncc1. The van der Waals surface area contributed by atoms with Gasteiger partial charge >= 0.3 is 0 Å². The number of nitrogens with zero attached hydrogens (tertiary/aromatic N) is 1. The zero-order valence-corrected chi connectivity index (χ0v) is 9.16. The van der Waals surface area contributed by atoms with Crippen LogP contribution < -0.4 is 10.6 Å². The Morgan fingerprint density at radius 1 is 1.47 bits per heavy atom. The van der Waals surface area contributed by atoms with Crippen molar-refractivity contribution in [1.82, 2.24) is 15.6 Å². The van der Waals surface area contributed by atoms with Gasteiger partial charge in [-0.15, -0.1) is 0 Å². The third-order valence-corrected chi connectivity index (χ3v) is 2.19. The van der Waals surface area contributed by atoms with Crippen molar-refractivity contribution in [3.63, 3.8) is 0 Å². The molecule has 1 aromatic heterocycles. The third kappa shape index (κ3) is 4.08. The molecule has 1 aromatic rings. The van der Waals surface area contributed by atoms with Crippen LogP contribution in [0.5, 0.6) is 0 Å². The molecule has 0 fully saturated rings. The van der Waals surface area contributed by atoms with Crippen molar-refractivity contribution in [2.75, 3.05) is 13.6 Å². The molecule has 0 aromatic carbocycles. The summed E-state index contributed by atoms with van der Waals surface area (Å²) in [5.74, 6) is 0.0636. The lowest BCUT2D eigenvalue weighted by atomic mass is 10.1. The van der Waals surface area contributed by atoms with Crippen LogP contribution in [-0.2, 0) is 4.79 Å². The average molecular weight is 207 g/mol. The summed E-state index contributed by atoms with van der Waals surface area (Å²) < 4.78 is 0. The van der Waals surface area contributed by atoms with Gasteiger partial charge in [-0.2, -0.15) is 0 Å². The largest absolute Gasteiger partial charge is 0.350 e. The molecule has 1 atom stereocenters. The van der Waals surface area contributed by atoms with Crippen molar-refractivity contribution in [1.29, 1.82) is 0 Å². The molecule has 0 bridgehead atoms. The maximum Gasteiger partial charge on any atom is 0.221 e. The number of hydrogen-bond donors (Lipinski definition) is 2. The molecule has 0 saturated heterocycles. The van der Waals surface area contributed by atoms with Gasteiger partial charge in [-0.05, 0) is 31.7 Å². The number of nitrogens with one attached hydrogen (secondary N) is 2. The molecule has 4 heteroatoms. The van der Waals surface area contributed by atoms with Crippen LogP contribution in [0.3, 0.4) is 0 Å². The molecule has 1 amide bonds. The van der Waals surface area contributed by atoms with Crippen LogP contribution in [0.15, 0.2) is 24.5 Å². The van der Waals surface area contributed by atoms with Crippen LogP contribution >= 0.6 is 0 Å². The average Bonchev–Trinajstić information content (AvgIpc) is 2.27. The highest BCUT2D eigenvalue weighted by atomic mass is 16.1.